The summed E-state index contributed by atoms with van der Waals surface area (Å²) >= 11 is 0. The minimum Gasteiger partial charge on any atom is -0.282 e. The van der Waals surface area contributed by atoms with Gasteiger partial charge < -0.3 is 0 Å². The van der Waals surface area contributed by atoms with Gasteiger partial charge in [-0.15, -0.1) is 0 Å². The van der Waals surface area contributed by atoms with Crippen LogP contribution in [0.1, 0.15) is 81.9 Å². The summed E-state index contributed by atoms with van der Waals surface area (Å²) in [5.74, 6) is 0.806. The number of hydrogen-bond donors (Lipinski definition) is 1. The summed E-state index contributed by atoms with van der Waals surface area (Å²) < 4.78 is 32.8. The molecule has 25 heavy (non-hydrogen) atoms. The van der Waals surface area contributed by atoms with E-state index in [1.54, 1.807) is 6.92 Å². The normalized spacial score (nSPS) is 11.6. The van der Waals surface area contributed by atoms with Gasteiger partial charge in [0.05, 0.1) is 0 Å². The van der Waals surface area contributed by atoms with Crippen molar-refractivity contribution < 1.29 is 13.0 Å². The third kappa shape index (κ3) is 9.58. The first-order valence-corrected chi connectivity index (χ1v) is 10.7. The molecule has 1 aromatic rings. The van der Waals surface area contributed by atoms with Gasteiger partial charge in [0, 0.05) is 29.6 Å². The zero-order valence-corrected chi connectivity index (χ0v) is 19.6. The molecule has 1 aromatic carbocycles. The van der Waals surface area contributed by atoms with E-state index in [2.05, 4.69) is 13.8 Å². The largest absolute Gasteiger partial charge is 0.295 e. The molecule has 0 amide bonds. The fraction of sp³-hybridized carbons (Fsp3) is 0.700. The van der Waals surface area contributed by atoms with Crippen molar-refractivity contribution in [2.75, 3.05) is 0 Å². The van der Waals surface area contributed by atoms with Gasteiger partial charge in [0.15, 0.2) is 0 Å². The molecule has 0 atom stereocenters. The van der Waals surface area contributed by atoms with E-state index in [9.17, 15) is 13.0 Å². The molecule has 0 aromatic heterocycles. The SMILES string of the molecule is Cc1ccc(CCCCCCCCCC(C)C)c(S(=O)(=O)O)c1C.[Na]. The quantitative estimate of drug-likeness (QED) is 0.315. The van der Waals surface area contributed by atoms with E-state index >= 15 is 0 Å². The van der Waals surface area contributed by atoms with Crippen LogP contribution in [0.5, 0.6) is 0 Å². The maximum atomic E-state index is 11.7. The summed E-state index contributed by atoms with van der Waals surface area (Å²) in [7, 11) is -4.15. The summed E-state index contributed by atoms with van der Waals surface area (Å²) in [6.45, 7) is 8.17. The van der Waals surface area contributed by atoms with Gasteiger partial charge in [0.2, 0.25) is 0 Å². The Kier molecular flexibility index (Phi) is 12.6. The molecule has 0 saturated heterocycles. The van der Waals surface area contributed by atoms with Gasteiger partial charge in [0.1, 0.15) is 4.90 Å². The predicted octanol–water partition coefficient (Wildman–Crippen LogP) is 5.49. The molecule has 1 rings (SSSR count). The fourth-order valence-corrected chi connectivity index (χ4v) is 4.20. The minimum atomic E-state index is -4.15. The molecule has 139 valence electrons. The molecule has 0 fully saturated rings. The van der Waals surface area contributed by atoms with Crippen molar-refractivity contribution in [1.29, 1.82) is 0 Å². The summed E-state index contributed by atoms with van der Waals surface area (Å²) in [6, 6.07) is 3.78. The van der Waals surface area contributed by atoms with E-state index in [-0.39, 0.29) is 34.5 Å². The van der Waals surface area contributed by atoms with E-state index in [1.165, 1.54) is 38.5 Å². The van der Waals surface area contributed by atoms with Gasteiger partial charge >= 0.3 is 0 Å². The molecule has 0 aliphatic carbocycles. The van der Waals surface area contributed by atoms with E-state index in [4.69, 9.17) is 0 Å². The van der Waals surface area contributed by atoms with Crippen LogP contribution < -0.4 is 0 Å². The molecule has 0 heterocycles. The van der Waals surface area contributed by atoms with Crippen molar-refractivity contribution in [3.63, 3.8) is 0 Å². The third-order valence-corrected chi connectivity index (χ3v) is 5.83. The first-order valence-electron chi connectivity index (χ1n) is 9.30. The van der Waals surface area contributed by atoms with Crippen LogP contribution in [0.3, 0.4) is 0 Å². The second-order valence-corrected chi connectivity index (χ2v) is 8.74. The second kappa shape index (κ2) is 12.5. The minimum absolute atomic E-state index is 0. The van der Waals surface area contributed by atoms with Crippen LogP contribution in [0, 0.1) is 19.8 Å². The first kappa shape index (κ1) is 25.1. The topological polar surface area (TPSA) is 54.4 Å². The maximum Gasteiger partial charge on any atom is 0.295 e. The van der Waals surface area contributed by atoms with Gasteiger partial charge in [-0.2, -0.15) is 8.42 Å². The second-order valence-electron chi connectivity index (χ2n) is 7.38. The van der Waals surface area contributed by atoms with Gasteiger partial charge in [-0.25, -0.2) is 0 Å². The Morgan fingerprint density at radius 2 is 1.44 bits per heavy atom. The van der Waals surface area contributed by atoms with Gasteiger partial charge in [0.25, 0.3) is 10.1 Å². The third-order valence-electron chi connectivity index (χ3n) is 4.74. The van der Waals surface area contributed by atoms with Gasteiger partial charge in [-0.3, -0.25) is 4.55 Å². The summed E-state index contributed by atoms with van der Waals surface area (Å²) in [4.78, 5) is 0.121. The average Bonchev–Trinajstić information content (AvgIpc) is 2.47. The van der Waals surface area contributed by atoms with Crippen molar-refractivity contribution in [3.8, 4) is 0 Å². The van der Waals surface area contributed by atoms with E-state index in [1.807, 2.05) is 19.1 Å². The zero-order valence-electron chi connectivity index (χ0n) is 16.8. The number of benzene rings is 1. The van der Waals surface area contributed by atoms with Crippen molar-refractivity contribution >= 4 is 39.7 Å². The maximum absolute atomic E-state index is 11.7. The molecular weight excluding hydrogens is 343 g/mol. The van der Waals surface area contributed by atoms with E-state index in [0.29, 0.717) is 12.0 Å². The number of unbranched alkanes of at least 4 members (excludes halogenated alkanes) is 6. The number of rotatable bonds is 11. The molecule has 0 bridgehead atoms. The summed E-state index contributed by atoms with van der Waals surface area (Å²) in [6.07, 6.45) is 10.5. The summed E-state index contributed by atoms with van der Waals surface area (Å²) in [5.41, 5.74) is 2.31. The van der Waals surface area contributed by atoms with Gasteiger partial charge in [-0.05, 0) is 49.3 Å². The molecule has 0 aliphatic heterocycles. The van der Waals surface area contributed by atoms with Crippen molar-refractivity contribution in [1.82, 2.24) is 0 Å². The Hall–Kier alpha value is 0.130. The molecule has 5 heteroatoms. The molecule has 0 aliphatic rings. The molecule has 0 saturated carbocycles. The Bertz CT molecular complexity index is 610. The molecule has 0 unspecified atom stereocenters. The average molecular weight is 378 g/mol. The number of hydrogen-bond acceptors (Lipinski definition) is 2. The van der Waals surface area contributed by atoms with Crippen molar-refractivity contribution in [2.45, 2.75) is 90.4 Å². The molecule has 1 N–H and O–H groups in total. The van der Waals surface area contributed by atoms with Crippen molar-refractivity contribution in [2.24, 2.45) is 5.92 Å². The standard InChI is InChI=1S/C20H34O3S.Na/c1-16(2)12-10-8-6-5-7-9-11-13-19-15-14-17(3)18(4)20(19)24(21,22)23;/h14-16H,5-13H2,1-4H3,(H,21,22,23);. The van der Waals surface area contributed by atoms with E-state index < -0.39 is 10.1 Å². The number of aryl methyl sites for hydroxylation is 2. The van der Waals surface area contributed by atoms with Crippen LogP contribution in [0.15, 0.2) is 17.0 Å². The Morgan fingerprint density at radius 1 is 0.920 bits per heavy atom. The van der Waals surface area contributed by atoms with Crippen LogP contribution in [0.2, 0.25) is 0 Å². The van der Waals surface area contributed by atoms with Crippen LogP contribution in [0.4, 0.5) is 0 Å². The zero-order chi connectivity index (χ0) is 18.2. The van der Waals surface area contributed by atoms with Gasteiger partial charge in [-0.1, -0.05) is 70.9 Å². The van der Waals surface area contributed by atoms with Crippen LogP contribution in [-0.4, -0.2) is 42.5 Å². The summed E-state index contributed by atoms with van der Waals surface area (Å²) in [5, 5.41) is 0. The molecule has 0 spiro atoms. The van der Waals surface area contributed by atoms with Crippen molar-refractivity contribution in [3.05, 3.63) is 28.8 Å². The smallest absolute Gasteiger partial charge is 0.282 e. The molecule has 3 nitrogen and oxygen atoms in total. The monoisotopic (exact) mass is 377 g/mol. The molecular formula is C20H34NaO3S. The Balaban J connectivity index is 0.00000576. The fourth-order valence-electron chi connectivity index (χ4n) is 3.15. The Labute approximate surface area is 177 Å². The van der Waals surface area contributed by atoms with Crippen LogP contribution >= 0.6 is 0 Å². The molecule has 1 radical (unpaired) electrons. The Morgan fingerprint density at radius 3 is 1.96 bits per heavy atom. The van der Waals surface area contributed by atoms with E-state index in [0.717, 1.165) is 29.9 Å². The van der Waals surface area contributed by atoms with Crippen LogP contribution in [0.25, 0.3) is 0 Å². The first-order chi connectivity index (χ1) is 11.2. The van der Waals surface area contributed by atoms with Crippen LogP contribution in [-0.2, 0) is 16.5 Å². The predicted molar refractivity (Wildman–Crippen MR) is 107 cm³/mol.